The van der Waals surface area contributed by atoms with Gasteiger partial charge in [0.05, 0.1) is 6.54 Å². The van der Waals surface area contributed by atoms with Gasteiger partial charge >= 0.3 is 0 Å². The van der Waals surface area contributed by atoms with Crippen molar-refractivity contribution < 1.29 is 13.9 Å². The molecule has 2 rings (SSSR count). The molecule has 0 radical (unpaired) electrons. The fourth-order valence-corrected chi connectivity index (χ4v) is 3.39. The number of benzene rings is 1. The summed E-state index contributed by atoms with van der Waals surface area (Å²) in [7, 11) is 3.41. The summed E-state index contributed by atoms with van der Waals surface area (Å²) < 4.78 is 18.4. The molecule has 152 valence electrons. The Bertz CT molecular complexity index is 621. The van der Waals surface area contributed by atoms with Gasteiger partial charge in [0.25, 0.3) is 0 Å². The van der Waals surface area contributed by atoms with Gasteiger partial charge in [0, 0.05) is 33.0 Å². The summed E-state index contributed by atoms with van der Waals surface area (Å²) in [4.78, 5) is 16.2. The van der Waals surface area contributed by atoms with Gasteiger partial charge in [0.2, 0.25) is 5.91 Å². The van der Waals surface area contributed by atoms with Gasteiger partial charge in [-0.05, 0) is 42.9 Å². The summed E-state index contributed by atoms with van der Waals surface area (Å²) in [6, 6.07) is 5.82. The lowest BCUT2D eigenvalue weighted by molar-refractivity contribution is -0.115. The highest BCUT2D eigenvalue weighted by Gasteiger charge is 2.33. The molecule has 6 nitrogen and oxygen atoms in total. The van der Waals surface area contributed by atoms with E-state index in [-0.39, 0.29) is 47.7 Å². The third kappa shape index (κ3) is 8.00. The molecule has 0 bridgehead atoms. The van der Waals surface area contributed by atoms with E-state index in [1.54, 1.807) is 26.3 Å². The number of methoxy groups -OCH3 is 1. The third-order valence-electron chi connectivity index (χ3n) is 4.88. The molecule has 1 fully saturated rings. The third-order valence-corrected chi connectivity index (χ3v) is 4.88. The summed E-state index contributed by atoms with van der Waals surface area (Å²) in [5.74, 6) is -0.0530. The van der Waals surface area contributed by atoms with Crippen LogP contribution in [0.3, 0.4) is 0 Å². The Balaban J connectivity index is 0.00000364. The maximum absolute atomic E-state index is 13.2. The van der Waals surface area contributed by atoms with Gasteiger partial charge in [-0.25, -0.2) is 4.39 Å². The Morgan fingerprint density at radius 2 is 2.04 bits per heavy atom. The zero-order valence-electron chi connectivity index (χ0n) is 16.0. The number of ether oxygens (including phenoxy) is 1. The van der Waals surface area contributed by atoms with E-state index in [9.17, 15) is 9.18 Å². The highest BCUT2D eigenvalue weighted by molar-refractivity contribution is 14.0. The Labute approximate surface area is 177 Å². The van der Waals surface area contributed by atoms with Crippen molar-refractivity contribution in [1.29, 1.82) is 0 Å². The molecule has 1 aliphatic rings. The highest BCUT2D eigenvalue weighted by Crippen LogP contribution is 2.40. The quantitative estimate of drug-likeness (QED) is 0.296. The van der Waals surface area contributed by atoms with Gasteiger partial charge in [0.1, 0.15) is 5.82 Å². The maximum atomic E-state index is 13.2. The number of carbonyl (C=O) groups excluding carboxylic acids is 1. The molecule has 0 saturated heterocycles. The van der Waals surface area contributed by atoms with E-state index in [2.05, 4.69) is 20.9 Å². The van der Waals surface area contributed by atoms with Crippen molar-refractivity contribution in [3.63, 3.8) is 0 Å². The van der Waals surface area contributed by atoms with E-state index in [4.69, 9.17) is 4.74 Å². The molecule has 0 unspecified atom stereocenters. The number of rotatable bonds is 8. The van der Waals surface area contributed by atoms with Crippen LogP contribution in [0.4, 0.5) is 10.1 Å². The van der Waals surface area contributed by atoms with Gasteiger partial charge in [0.15, 0.2) is 5.96 Å². The largest absolute Gasteiger partial charge is 0.385 e. The maximum Gasteiger partial charge on any atom is 0.243 e. The highest BCUT2D eigenvalue weighted by atomic mass is 127. The molecule has 0 aliphatic heterocycles. The smallest absolute Gasteiger partial charge is 0.243 e. The number of aliphatic imine (C=N–C) groups is 1. The Morgan fingerprint density at radius 1 is 1.30 bits per heavy atom. The first-order chi connectivity index (χ1) is 12.6. The van der Waals surface area contributed by atoms with Gasteiger partial charge in [-0.3, -0.25) is 9.79 Å². The molecule has 8 heteroatoms. The Morgan fingerprint density at radius 3 is 2.67 bits per heavy atom. The topological polar surface area (TPSA) is 74.8 Å². The van der Waals surface area contributed by atoms with E-state index >= 15 is 0 Å². The minimum atomic E-state index is -0.383. The summed E-state index contributed by atoms with van der Waals surface area (Å²) in [6.07, 6.45) is 5.87. The molecule has 1 aromatic rings. The molecule has 0 atom stereocenters. The molecular formula is C19H30FIN4O2. The van der Waals surface area contributed by atoms with Crippen LogP contribution in [0.2, 0.25) is 0 Å². The van der Waals surface area contributed by atoms with E-state index in [0.29, 0.717) is 11.6 Å². The van der Waals surface area contributed by atoms with Crippen molar-refractivity contribution in [3.05, 3.63) is 30.1 Å². The van der Waals surface area contributed by atoms with Crippen LogP contribution >= 0.6 is 24.0 Å². The number of nitrogens with one attached hydrogen (secondary N) is 3. The van der Waals surface area contributed by atoms with E-state index in [1.165, 1.54) is 37.8 Å². The number of anilines is 1. The molecule has 1 aromatic carbocycles. The monoisotopic (exact) mass is 492 g/mol. The predicted molar refractivity (Wildman–Crippen MR) is 117 cm³/mol. The molecule has 1 saturated carbocycles. The summed E-state index contributed by atoms with van der Waals surface area (Å²) >= 11 is 0. The first-order valence-corrected chi connectivity index (χ1v) is 9.06. The van der Waals surface area contributed by atoms with Crippen molar-refractivity contribution in [2.24, 2.45) is 10.4 Å². The average molecular weight is 492 g/mol. The minimum Gasteiger partial charge on any atom is -0.385 e. The van der Waals surface area contributed by atoms with Crippen LogP contribution in [0.1, 0.15) is 32.1 Å². The Hall–Kier alpha value is -1.42. The van der Waals surface area contributed by atoms with Crippen LogP contribution in [0.5, 0.6) is 0 Å². The van der Waals surface area contributed by atoms with Crippen molar-refractivity contribution in [2.75, 3.05) is 39.2 Å². The standard InChI is InChI=1S/C19H29FN4O2.HI/c1-21-18(23-14-19(10-11-26-2)8-3-4-9-19)22-13-17(25)24-16-7-5-6-15(20)12-16;/h5-7,12H,3-4,8-11,13-14H2,1-2H3,(H,24,25)(H2,21,22,23);1H. The summed E-state index contributed by atoms with van der Waals surface area (Å²) in [5, 5.41) is 8.99. The zero-order chi connectivity index (χ0) is 18.8. The van der Waals surface area contributed by atoms with Crippen LogP contribution in [-0.4, -0.2) is 45.7 Å². The molecule has 1 amide bonds. The fraction of sp³-hybridized carbons (Fsp3) is 0.579. The molecule has 0 heterocycles. The second kappa shape index (κ2) is 12.1. The number of hydrogen-bond donors (Lipinski definition) is 3. The van der Waals surface area contributed by atoms with Crippen molar-refractivity contribution >= 4 is 41.5 Å². The van der Waals surface area contributed by atoms with Crippen molar-refractivity contribution in [2.45, 2.75) is 32.1 Å². The van der Waals surface area contributed by atoms with Gasteiger partial charge in [-0.15, -0.1) is 24.0 Å². The molecule has 27 heavy (non-hydrogen) atoms. The number of halogens is 2. The number of carbonyl (C=O) groups is 1. The molecule has 1 aliphatic carbocycles. The molecular weight excluding hydrogens is 462 g/mol. The summed E-state index contributed by atoms with van der Waals surface area (Å²) in [5.41, 5.74) is 0.668. The lowest BCUT2D eigenvalue weighted by Gasteiger charge is -2.29. The van der Waals surface area contributed by atoms with E-state index < -0.39 is 0 Å². The lowest BCUT2D eigenvalue weighted by Crippen LogP contribution is -2.45. The average Bonchev–Trinajstić information content (AvgIpc) is 3.09. The number of nitrogens with zero attached hydrogens (tertiary/aromatic N) is 1. The van der Waals surface area contributed by atoms with Crippen molar-refractivity contribution in [1.82, 2.24) is 10.6 Å². The Kier molecular flexibility index (Phi) is 10.6. The first kappa shape index (κ1) is 23.6. The van der Waals surface area contributed by atoms with Gasteiger partial charge in [-0.1, -0.05) is 18.9 Å². The number of guanidine groups is 1. The zero-order valence-corrected chi connectivity index (χ0v) is 18.3. The van der Waals surface area contributed by atoms with Gasteiger partial charge in [-0.2, -0.15) is 0 Å². The molecule has 0 aromatic heterocycles. The number of hydrogen-bond acceptors (Lipinski definition) is 3. The molecule has 3 N–H and O–H groups in total. The van der Waals surface area contributed by atoms with E-state index in [0.717, 1.165) is 19.6 Å². The predicted octanol–water partition coefficient (Wildman–Crippen LogP) is 3.14. The second-order valence-corrected chi connectivity index (χ2v) is 6.79. The lowest BCUT2D eigenvalue weighted by atomic mass is 9.83. The molecule has 0 spiro atoms. The van der Waals surface area contributed by atoms with Crippen LogP contribution < -0.4 is 16.0 Å². The van der Waals surface area contributed by atoms with Crippen LogP contribution in [-0.2, 0) is 9.53 Å². The number of amides is 1. The summed E-state index contributed by atoms with van der Waals surface area (Å²) in [6.45, 7) is 1.62. The van der Waals surface area contributed by atoms with Crippen molar-refractivity contribution in [3.8, 4) is 0 Å². The van der Waals surface area contributed by atoms with Crippen LogP contribution in [0, 0.1) is 11.2 Å². The SMILES string of the molecule is CN=C(NCC(=O)Nc1cccc(F)c1)NCC1(CCOC)CCCC1.I. The van der Waals surface area contributed by atoms with Crippen LogP contribution in [0.25, 0.3) is 0 Å². The van der Waals surface area contributed by atoms with E-state index in [1.807, 2.05) is 0 Å². The van der Waals surface area contributed by atoms with Crippen LogP contribution in [0.15, 0.2) is 29.3 Å². The minimum absolute atomic E-state index is 0. The second-order valence-electron chi connectivity index (χ2n) is 6.79. The van der Waals surface area contributed by atoms with Gasteiger partial charge < -0.3 is 20.7 Å². The fourth-order valence-electron chi connectivity index (χ4n) is 3.39. The normalized spacial score (nSPS) is 15.7. The first-order valence-electron chi connectivity index (χ1n) is 9.06.